The number of amidine groups is 1. The van der Waals surface area contributed by atoms with Gasteiger partial charge in [0, 0.05) is 48.4 Å². The second kappa shape index (κ2) is 8.28. The lowest BCUT2D eigenvalue weighted by Gasteiger charge is -2.38. The number of amides is 1. The molecule has 1 fully saturated rings. The molecule has 3 aliphatic rings. The second-order valence-corrected chi connectivity index (χ2v) is 9.04. The summed E-state index contributed by atoms with van der Waals surface area (Å²) in [7, 11) is 0. The molecule has 1 unspecified atom stereocenters. The molecule has 6 nitrogen and oxygen atoms in total. The number of carbonyl (C=O) groups is 1. The van der Waals surface area contributed by atoms with Crippen LogP contribution in [0.25, 0.3) is 0 Å². The Morgan fingerprint density at radius 1 is 1.06 bits per heavy atom. The Morgan fingerprint density at radius 3 is 2.47 bits per heavy atom. The van der Waals surface area contributed by atoms with Crippen LogP contribution in [0.4, 0.5) is 5.69 Å². The number of rotatable bonds is 3. The molecule has 1 amide bonds. The maximum absolute atomic E-state index is 13.7. The van der Waals surface area contributed by atoms with Crippen molar-refractivity contribution in [2.24, 2.45) is 9.98 Å². The summed E-state index contributed by atoms with van der Waals surface area (Å²) in [6.45, 7) is 12.0. The quantitative estimate of drug-likeness (QED) is 0.719. The molecule has 0 radical (unpaired) electrons. The van der Waals surface area contributed by atoms with Gasteiger partial charge >= 0.3 is 0 Å². The highest BCUT2D eigenvalue weighted by Gasteiger charge is 2.43. The summed E-state index contributed by atoms with van der Waals surface area (Å²) in [4.78, 5) is 29.6. The summed E-state index contributed by atoms with van der Waals surface area (Å²) < 4.78 is 0. The number of piperazine rings is 1. The molecular formula is C25H26ClN5O. The summed E-state index contributed by atoms with van der Waals surface area (Å²) in [5.41, 5.74) is 3.69. The highest BCUT2D eigenvalue weighted by molar-refractivity contribution is 6.35. The molecule has 0 aromatic heterocycles. The van der Waals surface area contributed by atoms with E-state index in [0.29, 0.717) is 22.6 Å². The smallest absolute Gasteiger partial charge is 0.272 e. The van der Waals surface area contributed by atoms with E-state index in [1.54, 1.807) is 11.0 Å². The fourth-order valence-corrected chi connectivity index (χ4v) is 4.75. The first-order chi connectivity index (χ1) is 15.4. The maximum atomic E-state index is 13.7. The standard InChI is InChI=1S/C25H26ClN5O/c1-16(2)29-11-13-30(14-12-29)24-25(32)31-21-10-9-19(26)15-20(21)22(18-7-5-4-6-8-18)27-17(3)23(31)28-24/h4-10,15-16,24H,3,11-14H2,1-2H3. The summed E-state index contributed by atoms with van der Waals surface area (Å²) in [5, 5.41) is 0.589. The molecule has 2 aromatic rings. The SMILES string of the molecule is C=C1N=C(c2ccccc2)c2cc(Cl)ccc2N2C(=O)C(N3CCN(C(C)C)CC3)N=C12. The highest BCUT2D eigenvalue weighted by Crippen LogP contribution is 2.35. The lowest BCUT2D eigenvalue weighted by Crippen LogP contribution is -2.54. The van der Waals surface area contributed by atoms with Crippen LogP contribution >= 0.6 is 11.6 Å². The predicted octanol–water partition coefficient (Wildman–Crippen LogP) is 3.80. The third-order valence-electron chi connectivity index (χ3n) is 6.33. The Morgan fingerprint density at radius 2 is 1.78 bits per heavy atom. The van der Waals surface area contributed by atoms with E-state index in [-0.39, 0.29) is 5.91 Å². The van der Waals surface area contributed by atoms with Crippen LogP contribution in [0.5, 0.6) is 0 Å². The minimum Gasteiger partial charge on any atom is -0.298 e. The van der Waals surface area contributed by atoms with E-state index in [1.165, 1.54) is 0 Å². The van der Waals surface area contributed by atoms with Crippen LogP contribution in [0, 0.1) is 0 Å². The average molecular weight is 448 g/mol. The van der Waals surface area contributed by atoms with Gasteiger partial charge in [-0.2, -0.15) is 0 Å². The fourth-order valence-electron chi connectivity index (χ4n) is 4.58. The van der Waals surface area contributed by atoms with Crippen LogP contribution in [0.3, 0.4) is 0 Å². The molecule has 0 bridgehead atoms. The van der Waals surface area contributed by atoms with Crippen molar-refractivity contribution in [3.8, 4) is 0 Å². The number of halogens is 1. The third-order valence-corrected chi connectivity index (χ3v) is 6.56. The maximum Gasteiger partial charge on any atom is 0.272 e. The van der Waals surface area contributed by atoms with Gasteiger partial charge < -0.3 is 0 Å². The highest BCUT2D eigenvalue weighted by atomic mass is 35.5. The van der Waals surface area contributed by atoms with E-state index < -0.39 is 6.17 Å². The van der Waals surface area contributed by atoms with Crippen LogP contribution in [0.1, 0.15) is 25.0 Å². The van der Waals surface area contributed by atoms with Crippen molar-refractivity contribution in [3.05, 3.63) is 77.0 Å². The molecule has 1 saturated heterocycles. The van der Waals surface area contributed by atoms with Crippen LogP contribution < -0.4 is 4.90 Å². The van der Waals surface area contributed by atoms with E-state index in [1.807, 2.05) is 42.5 Å². The minimum absolute atomic E-state index is 0.0627. The Kier molecular flexibility index (Phi) is 5.45. The number of benzene rings is 2. The van der Waals surface area contributed by atoms with Crippen molar-refractivity contribution in [1.82, 2.24) is 9.80 Å². The zero-order chi connectivity index (χ0) is 22.4. The van der Waals surface area contributed by atoms with Crippen molar-refractivity contribution >= 4 is 34.7 Å². The van der Waals surface area contributed by atoms with E-state index >= 15 is 0 Å². The molecule has 0 aliphatic carbocycles. The molecule has 7 heteroatoms. The lowest BCUT2D eigenvalue weighted by atomic mass is 10.00. The van der Waals surface area contributed by atoms with E-state index in [9.17, 15) is 4.79 Å². The van der Waals surface area contributed by atoms with Crippen molar-refractivity contribution in [2.45, 2.75) is 26.1 Å². The topological polar surface area (TPSA) is 51.5 Å². The molecule has 2 aromatic carbocycles. The zero-order valence-electron chi connectivity index (χ0n) is 18.3. The first kappa shape index (κ1) is 21.1. The Hall–Kier alpha value is -2.80. The summed E-state index contributed by atoms with van der Waals surface area (Å²) >= 11 is 6.36. The van der Waals surface area contributed by atoms with Gasteiger partial charge in [0.05, 0.1) is 17.1 Å². The first-order valence-corrected chi connectivity index (χ1v) is 11.3. The van der Waals surface area contributed by atoms with Crippen molar-refractivity contribution in [3.63, 3.8) is 0 Å². The summed E-state index contributed by atoms with van der Waals surface area (Å²) in [6.07, 6.45) is -0.548. The molecule has 0 spiro atoms. The number of hydrogen-bond acceptors (Lipinski definition) is 5. The lowest BCUT2D eigenvalue weighted by molar-refractivity contribution is -0.122. The third kappa shape index (κ3) is 3.58. The van der Waals surface area contributed by atoms with Gasteiger partial charge in [-0.25, -0.2) is 9.98 Å². The molecule has 0 N–H and O–H groups in total. The number of nitrogens with zero attached hydrogens (tertiary/aromatic N) is 5. The normalized spacial score (nSPS) is 21.9. The van der Waals surface area contributed by atoms with Gasteiger partial charge in [-0.15, -0.1) is 0 Å². The second-order valence-electron chi connectivity index (χ2n) is 8.60. The molecular weight excluding hydrogens is 422 g/mol. The van der Waals surface area contributed by atoms with Gasteiger partial charge in [0.15, 0.2) is 12.0 Å². The number of carbonyl (C=O) groups excluding carboxylic acids is 1. The van der Waals surface area contributed by atoms with Gasteiger partial charge in [0.2, 0.25) is 0 Å². The average Bonchev–Trinajstić information content (AvgIpc) is 3.09. The van der Waals surface area contributed by atoms with Crippen LogP contribution in [0.2, 0.25) is 5.02 Å². The minimum atomic E-state index is -0.548. The molecule has 3 aliphatic heterocycles. The van der Waals surface area contributed by atoms with Crippen molar-refractivity contribution in [2.75, 3.05) is 31.1 Å². The molecule has 5 rings (SSSR count). The van der Waals surface area contributed by atoms with Crippen molar-refractivity contribution < 1.29 is 4.79 Å². The summed E-state index contributed by atoms with van der Waals surface area (Å²) in [5.74, 6) is 0.452. The molecule has 1 atom stereocenters. The largest absolute Gasteiger partial charge is 0.298 e. The molecule has 3 heterocycles. The fraction of sp³-hybridized carbons (Fsp3) is 0.320. The van der Waals surface area contributed by atoms with Crippen LogP contribution in [-0.2, 0) is 4.79 Å². The van der Waals surface area contributed by atoms with Crippen molar-refractivity contribution in [1.29, 1.82) is 0 Å². The Labute approximate surface area is 193 Å². The van der Waals surface area contributed by atoms with E-state index in [4.69, 9.17) is 21.6 Å². The predicted molar refractivity (Wildman–Crippen MR) is 130 cm³/mol. The zero-order valence-corrected chi connectivity index (χ0v) is 19.1. The number of anilines is 1. The monoisotopic (exact) mass is 447 g/mol. The Balaban J connectivity index is 1.55. The van der Waals surface area contributed by atoms with Crippen LogP contribution in [-0.4, -0.2) is 65.6 Å². The molecule has 32 heavy (non-hydrogen) atoms. The number of fused-ring (bicyclic) bond motifs is 3. The molecule has 164 valence electrons. The first-order valence-electron chi connectivity index (χ1n) is 11.0. The van der Waals surface area contributed by atoms with E-state index in [2.05, 4.69) is 30.2 Å². The summed E-state index contributed by atoms with van der Waals surface area (Å²) in [6, 6.07) is 15.9. The van der Waals surface area contributed by atoms with Gasteiger partial charge in [0.1, 0.15) is 0 Å². The van der Waals surface area contributed by atoms with Gasteiger partial charge in [0.25, 0.3) is 5.91 Å². The van der Waals surface area contributed by atoms with Crippen LogP contribution in [0.15, 0.2) is 70.8 Å². The van der Waals surface area contributed by atoms with Gasteiger partial charge in [-0.05, 0) is 32.0 Å². The van der Waals surface area contributed by atoms with Gasteiger partial charge in [-0.1, -0.05) is 48.5 Å². The van der Waals surface area contributed by atoms with Gasteiger partial charge in [-0.3, -0.25) is 19.5 Å². The Bertz CT molecular complexity index is 1130. The number of aliphatic imine (C=N–C) groups is 2. The van der Waals surface area contributed by atoms with E-state index in [0.717, 1.165) is 48.7 Å². The molecule has 0 saturated carbocycles. The number of hydrogen-bond donors (Lipinski definition) is 0.